The average molecular weight is 371 g/mol. The zero-order valence-corrected chi connectivity index (χ0v) is 14.1. The minimum Gasteiger partial charge on any atom is -0.465 e. The maximum Gasteiger partial charge on any atom is 0.337 e. The van der Waals surface area contributed by atoms with E-state index in [-0.39, 0.29) is 5.97 Å². The predicted octanol–water partition coefficient (Wildman–Crippen LogP) is 4.22. The molecule has 0 spiro atoms. The maximum absolute atomic E-state index is 11.4. The zero-order valence-electron chi connectivity index (χ0n) is 12.5. The second kappa shape index (κ2) is 6.79. The normalized spacial score (nSPS) is 10.5. The summed E-state index contributed by atoms with van der Waals surface area (Å²) in [5.41, 5.74) is 3.53. The Morgan fingerprint density at radius 2 is 1.83 bits per heavy atom. The summed E-state index contributed by atoms with van der Waals surface area (Å²) < 4.78 is 5.76. The summed E-state index contributed by atoms with van der Waals surface area (Å²) in [5, 5.41) is 0. The fourth-order valence-electron chi connectivity index (χ4n) is 2.29. The van der Waals surface area contributed by atoms with Gasteiger partial charge < -0.3 is 9.72 Å². The summed E-state index contributed by atoms with van der Waals surface area (Å²) in [6, 6.07) is 15.4. The number of halogens is 1. The van der Waals surface area contributed by atoms with Crippen LogP contribution in [0.25, 0.3) is 11.3 Å². The molecule has 5 heteroatoms. The lowest BCUT2D eigenvalue weighted by Gasteiger charge is -2.01. The number of esters is 1. The molecule has 2 aromatic carbocycles. The van der Waals surface area contributed by atoms with E-state index in [2.05, 4.69) is 38.0 Å². The number of carbonyl (C=O) groups is 1. The van der Waals surface area contributed by atoms with E-state index in [1.165, 1.54) is 12.7 Å². The molecule has 0 saturated heterocycles. The largest absolute Gasteiger partial charge is 0.465 e. The van der Waals surface area contributed by atoms with E-state index in [1.54, 1.807) is 12.1 Å². The van der Waals surface area contributed by atoms with Gasteiger partial charge in [-0.1, -0.05) is 40.2 Å². The van der Waals surface area contributed by atoms with Crippen LogP contribution >= 0.6 is 15.9 Å². The van der Waals surface area contributed by atoms with Crippen molar-refractivity contribution in [1.82, 2.24) is 9.97 Å². The first kappa shape index (κ1) is 15.5. The number of H-pyrrole nitrogens is 1. The molecule has 1 heterocycles. The topological polar surface area (TPSA) is 55.0 Å². The summed E-state index contributed by atoms with van der Waals surface area (Å²) in [4.78, 5) is 19.3. The van der Waals surface area contributed by atoms with Crippen molar-refractivity contribution in [3.8, 4) is 11.3 Å². The van der Waals surface area contributed by atoms with Crippen molar-refractivity contribution < 1.29 is 9.53 Å². The number of nitrogens with one attached hydrogen (secondary N) is 1. The summed E-state index contributed by atoms with van der Waals surface area (Å²) in [6.45, 7) is 0. The van der Waals surface area contributed by atoms with Crippen molar-refractivity contribution in [3.63, 3.8) is 0 Å². The van der Waals surface area contributed by atoms with Crippen LogP contribution in [0.4, 0.5) is 0 Å². The number of imidazole rings is 1. The van der Waals surface area contributed by atoms with Crippen molar-refractivity contribution in [1.29, 1.82) is 0 Å². The van der Waals surface area contributed by atoms with Gasteiger partial charge in [0.05, 0.1) is 18.4 Å². The molecule has 0 aliphatic carbocycles. The third-order valence-electron chi connectivity index (χ3n) is 3.52. The van der Waals surface area contributed by atoms with E-state index in [0.717, 1.165) is 28.0 Å². The van der Waals surface area contributed by atoms with Crippen LogP contribution < -0.4 is 0 Å². The van der Waals surface area contributed by atoms with Crippen LogP contribution in [0.15, 0.2) is 59.2 Å². The molecular formula is C18H15BrN2O2. The van der Waals surface area contributed by atoms with Crippen LogP contribution in [0.5, 0.6) is 0 Å². The van der Waals surface area contributed by atoms with Gasteiger partial charge in [-0.2, -0.15) is 0 Å². The Bertz CT molecular complexity index is 808. The Morgan fingerprint density at radius 3 is 2.48 bits per heavy atom. The van der Waals surface area contributed by atoms with Crippen LogP contribution in [-0.2, 0) is 11.2 Å². The second-order valence-corrected chi connectivity index (χ2v) is 6.02. The van der Waals surface area contributed by atoms with Crippen molar-refractivity contribution >= 4 is 21.9 Å². The van der Waals surface area contributed by atoms with Gasteiger partial charge in [-0.05, 0) is 29.8 Å². The lowest BCUT2D eigenvalue weighted by molar-refractivity contribution is 0.0601. The third kappa shape index (κ3) is 3.68. The van der Waals surface area contributed by atoms with E-state index < -0.39 is 0 Å². The molecule has 0 bridgehead atoms. The predicted molar refractivity (Wildman–Crippen MR) is 92.3 cm³/mol. The monoisotopic (exact) mass is 370 g/mol. The minimum atomic E-state index is -0.338. The maximum atomic E-state index is 11.4. The fourth-order valence-corrected chi connectivity index (χ4v) is 2.55. The summed E-state index contributed by atoms with van der Waals surface area (Å²) >= 11 is 3.43. The smallest absolute Gasteiger partial charge is 0.337 e. The standard InChI is InChI=1S/C18H15BrN2O2/c1-23-18(22)14-6-4-13(5-7-14)16-11-20-17(21-16)10-12-2-8-15(19)9-3-12/h2-9,11H,10H2,1H3,(H,20,21). The molecule has 0 fully saturated rings. The van der Waals surface area contributed by atoms with Crippen molar-refractivity contribution in [2.45, 2.75) is 6.42 Å². The van der Waals surface area contributed by atoms with Crippen LogP contribution in [0.1, 0.15) is 21.7 Å². The summed E-state index contributed by atoms with van der Waals surface area (Å²) in [5.74, 6) is 0.564. The molecule has 1 aromatic heterocycles. The van der Waals surface area contributed by atoms with Gasteiger partial charge in [-0.15, -0.1) is 0 Å². The van der Waals surface area contributed by atoms with Gasteiger partial charge in [0.25, 0.3) is 0 Å². The zero-order chi connectivity index (χ0) is 16.2. The number of carbonyl (C=O) groups excluding carboxylic acids is 1. The second-order valence-electron chi connectivity index (χ2n) is 5.10. The highest BCUT2D eigenvalue weighted by molar-refractivity contribution is 9.10. The number of aromatic amines is 1. The summed E-state index contributed by atoms with van der Waals surface area (Å²) in [7, 11) is 1.37. The number of benzene rings is 2. The first-order valence-electron chi connectivity index (χ1n) is 7.13. The Labute approximate surface area is 142 Å². The Kier molecular flexibility index (Phi) is 4.57. The number of aromatic nitrogens is 2. The lowest BCUT2D eigenvalue weighted by atomic mass is 10.1. The molecule has 23 heavy (non-hydrogen) atoms. The minimum absolute atomic E-state index is 0.338. The Balaban J connectivity index is 1.76. The number of rotatable bonds is 4. The fraction of sp³-hybridized carbons (Fsp3) is 0.111. The molecule has 4 nitrogen and oxygen atoms in total. The van der Waals surface area contributed by atoms with Gasteiger partial charge >= 0.3 is 5.97 Å². The first-order valence-corrected chi connectivity index (χ1v) is 7.92. The molecule has 0 saturated carbocycles. The SMILES string of the molecule is COC(=O)c1ccc(-c2c[nH]c(Cc3ccc(Br)cc3)n2)cc1. The van der Waals surface area contributed by atoms with Crippen molar-refractivity contribution in [3.05, 3.63) is 76.2 Å². The van der Waals surface area contributed by atoms with Crippen LogP contribution in [-0.4, -0.2) is 23.0 Å². The van der Waals surface area contributed by atoms with E-state index in [4.69, 9.17) is 4.74 Å². The number of hydrogen-bond acceptors (Lipinski definition) is 3. The van der Waals surface area contributed by atoms with Gasteiger partial charge in [-0.3, -0.25) is 0 Å². The third-order valence-corrected chi connectivity index (χ3v) is 4.05. The van der Waals surface area contributed by atoms with Gasteiger partial charge in [0.15, 0.2) is 0 Å². The van der Waals surface area contributed by atoms with Gasteiger partial charge in [0.1, 0.15) is 5.82 Å². The van der Waals surface area contributed by atoms with Crippen molar-refractivity contribution in [2.24, 2.45) is 0 Å². The summed E-state index contributed by atoms with van der Waals surface area (Å²) in [6.07, 6.45) is 2.62. The number of methoxy groups -OCH3 is 1. The molecule has 3 aromatic rings. The quantitative estimate of drug-likeness (QED) is 0.699. The molecule has 0 radical (unpaired) electrons. The van der Waals surface area contributed by atoms with Crippen LogP contribution in [0.3, 0.4) is 0 Å². The molecule has 1 N–H and O–H groups in total. The van der Waals surface area contributed by atoms with Crippen LogP contribution in [0, 0.1) is 0 Å². The van der Waals surface area contributed by atoms with Gasteiger partial charge in [-0.25, -0.2) is 9.78 Å². The number of nitrogens with zero attached hydrogens (tertiary/aromatic N) is 1. The average Bonchev–Trinajstić information content (AvgIpc) is 3.05. The van der Waals surface area contributed by atoms with Crippen LogP contribution in [0.2, 0.25) is 0 Å². The number of hydrogen-bond donors (Lipinski definition) is 1. The molecule has 3 rings (SSSR count). The molecule has 0 unspecified atom stereocenters. The molecule has 0 aliphatic heterocycles. The first-order chi connectivity index (χ1) is 11.2. The Hall–Kier alpha value is -2.40. The highest BCUT2D eigenvalue weighted by Gasteiger charge is 2.08. The van der Waals surface area contributed by atoms with Gasteiger partial charge in [0, 0.05) is 22.7 Å². The van der Waals surface area contributed by atoms with E-state index in [9.17, 15) is 4.79 Å². The molecule has 0 amide bonds. The highest BCUT2D eigenvalue weighted by Crippen LogP contribution is 2.19. The molecular weight excluding hydrogens is 356 g/mol. The van der Waals surface area contributed by atoms with Crippen molar-refractivity contribution in [2.75, 3.05) is 7.11 Å². The molecule has 0 atom stereocenters. The van der Waals surface area contributed by atoms with E-state index >= 15 is 0 Å². The number of ether oxygens (including phenoxy) is 1. The lowest BCUT2D eigenvalue weighted by Crippen LogP contribution is -2.00. The van der Waals surface area contributed by atoms with Gasteiger partial charge in [0.2, 0.25) is 0 Å². The highest BCUT2D eigenvalue weighted by atomic mass is 79.9. The van der Waals surface area contributed by atoms with E-state index in [1.807, 2.05) is 30.5 Å². The Morgan fingerprint density at radius 1 is 1.13 bits per heavy atom. The molecule has 0 aliphatic rings. The van der Waals surface area contributed by atoms with E-state index in [0.29, 0.717) is 5.56 Å². The molecule has 116 valence electrons.